The number of carbonyl (C=O) groups is 1. The fraction of sp³-hybridized carbons (Fsp3) is 0.385. The van der Waals surface area contributed by atoms with E-state index in [4.69, 9.17) is 11.6 Å². The second-order valence-corrected chi connectivity index (χ2v) is 9.77. The van der Waals surface area contributed by atoms with Gasteiger partial charge in [-0.1, -0.05) is 55.8 Å². The van der Waals surface area contributed by atoms with Gasteiger partial charge in [0.25, 0.3) is 5.91 Å². The molecule has 0 unspecified atom stereocenters. The van der Waals surface area contributed by atoms with Gasteiger partial charge in [0.2, 0.25) is 0 Å². The fourth-order valence-corrected chi connectivity index (χ4v) is 4.88. The Hall–Kier alpha value is -2.42. The minimum Gasteiger partial charge on any atom is -0.337 e. The van der Waals surface area contributed by atoms with Gasteiger partial charge in [-0.05, 0) is 42.2 Å². The number of aromatic nitrogens is 1. The normalized spacial score (nSPS) is 11.7. The van der Waals surface area contributed by atoms with Crippen molar-refractivity contribution in [2.24, 2.45) is 0 Å². The molecule has 0 fully saturated rings. The first-order chi connectivity index (χ1) is 16.7. The number of nitrogens with zero attached hydrogens (tertiary/aromatic N) is 3. The molecule has 9 heteroatoms. The lowest BCUT2D eigenvalue weighted by atomic mass is 10.1. The predicted molar refractivity (Wildman–Crippen MR) is 134 cm³/mol. The summed E-state index contributed by atoms with van der Waals surface area (Å²) in [6.45, 7) is 6.57. The third kappa shape index (κ3) is 8.05. The maximum Gasteiger partial charge on any atom is 0.416 e. The number of carbonyl (C=O) groups excluding carboxylic acids is 1. The lowest BCUT2D eigenvalue weighted by molar-refractivity contribution is -0.137. The van der Waals surface area contributed by atoms with E-state index in [9.17, 15) is 18.0 Å². The molecule has 0 saturated carbocycles. The minimum atomic E-state index is -4.40. The molecule has 0 spiro atoms. The van der Waals surface area contributed by atoms with Crippen molar-refractivity contribution in [1.82, 2.24) is 14.8 Å². The van der Waals surface area contributed by atoms with Crippen LogP contribution in [0.2, 0.25) is 5.02 Å². The van der Waals surface area contributed by atoms with Crippen molar-refractivity contribution in [3.05, 3.63) is 86.3 Å². The quantitative estimate of drug-likeness (QED) is 0.265. The highest BCUT2D eigenvalue weighted by molar-refractivity contribution is 7.09. The highest BCUT2D eigenvalue weighted by Crippen LogP contribution is 2.30. The summed E-state index contributed by atoms with van der Waals surface area (Å²) in [7, 11) is 0. The number of hydrogen-bond acceptors (Lipinski definition) is 4. The summed E-state index contributed by atoms with van der Waals surface area (Å²) in [6, 6.07) is 12.7. The van der Waals surface area contributed by atoms with Crippen LogP contribution in [0.15, 0.2) is 53.9 Å². The summed E-state index contributed by atoms with van der Waals surface area (Å²) in [4.78, 5) is 21.3. The number of thiazole rings is 1. The second kappa shape index (κ2) is 12.5. The molecule has 0 atom stereocenters. The average molecular weight is 524 g/mol. The van der Waals surface area contributed by atoms with Gasteiger partial charge in [0.1, 0.15) is 10.7 Å². The van der Waals surface area contributed by atoms with E-state index >= 15 is 0 Å². The average Bonchev–Trinajstić information content (AvgIpc) is 3.26. The van der Waals surface area contributed by atoms with Crippen LogP contribution in [0.5, 0.6) is 0 Å². The van der Waals surface area contributed by atoms with Crippen molar-refractivity contribution in [1.29, 1.82) is 0 Å². The van der Waals surface area contributed by atoms with Gasteiger partial charge in [-0.15, -0.1) is 11.3 Å². The Bertz CT molecular complexity index is 1110. The van der Waals surface area contributed by atoms with Gasteiger partial charge in [-0.3, -0.25) is 9.69 Å². The van der Waals surface area contributed by atoms with Crippen LogP contribution in [-0.4, -0.2) is 33.8 Å². The largest absolute Gasteiger partial charge is 0.416 e. The molecule has 0 aliphatic rings. The lowest BCUT2D eigenvalue weighted by Crippen LogP contribution is -2.32. The molecular formula is C26H29ClF3N3OS. The third-order valence-electron chi connectivity index (χ3n) is 5.36. The summed E-state index contributed by atoms with van der Waals surface area (Å²) in [5.74, 6) is -0.0875. The Morgan fingerprint density at radius 3 is 2.20 bits per heavy atom. The van der Waals surface area contributed by atoms with Crippen molar-refractivity contribution >= 4 is 28.8 Å². The molecule has 188 valence electrons. The van der Waals surface area contributed by atoms with E-state index in [1.165, 1.54) is 23.5 Å². The summed E-state index contributed by atoms with van der Waals surface area (Å²) in [6.07, 6.45) is -2.67. The van der Waals surface area contributed by atoms with Gasteiger partial charge in [-0.25, -0.2) is 4.98 Å². The van der Waals surface area contributed by atoms with Gasteiger partial charge in [-0.2, -0.15) is 13.2 Å². The van der Waals surface area contributed by atoms with Crippen molar-refractivity contribution < 1.29 is 18.0 Å². The molecule has 1 amide bonds. The zero-order chi connectivity index (χ0) is 25.4. The number of hydrogen-bond donors (Lipinski definition) is 0. The molecule has 0 saturated heterocycles. The minimum absolute atomic E-state index is 0.0875. The molecule has 2 aromatic carbocycles. The molecule has 0 N–H and O–H groups in total. The molecule has 0 bridgehead atoms. The van der Waals surface area contributed by atoms with E-state index in [2.05, 4.69) is 4.98 Å². The van der Waals surface area contributed by atoms with Gasteiger partial charge >= 0.3 is 6.18 Å². The topological polar surface area (TPSA) is 36.4 Å². The number of halogens is 4. The van der Waals surface area contributed by atoms with Crippen LogP contribution < -0.4 is 0 Å². The van der Waals surface area contributed by atoms with Crippen LogP contribution in [0.4, 0.5) is 13.2 Å². The van der Waals surface area contributed by atoms with E-state index in [1.54, 1.807) is 17.5 Å². The number of alkyl halides is 3. The van der Waals surface area contributed by atoms with Crippen molar-refractivity contribution in [3.63, 3.8) is 0 Å². The van der Waals surface area contributed by atoms with E-state index in [1.807, 2.05) is 41.8 Å². The van der Waals surface area contributed by atoms with Crippen LogP contribution in [0.1, 0.15) is 58.9 Å². The third-order valence-corrected chi connectivity index (χ3v) is 6.43. The molecule has 1 heterocycles. The van der Waals surface area contributed by atoms with E-state index in [-0.39, 0.29) is 12.5 Å². The van der Waals surface area contributed by atoms with Gasteiger partial charge < -0.3 is 4.90 Å². The van der Waals surface area contributed by atoms with Crippen molar-refractivity contribution in [2.75, 3.05) is 13.1 Å². The smallest absolute Gasteiger partial charge is 0.337 e. The lowest BCUT2D eigenvalue weighted by Gasteiger charge is -2.22. The summed E-state index contributed by atoms with van der Waals surface area (Å²) in [5, 5.41) is 3.09. The Balaban J connectivity index is 1.82. The molecule has 3 rings (SSSR count). The van der Waals surface area contributed by atoms with Crippen molar-refractivity contribution in [2.45, 2.75) is 52.5 Å². The zero-order valence-corrected chi connectivity index (χ0v) is 21.4. The zero-order valence-electron chi connectivity index (χ0n) is 19.8. The number of benzene rings is 2. The molecule has 1 aromatic heterocycles. The fourth-order valence-electron chi connectivity index (χ4n) is 3.86. The highest BCUT2D eigenvalue weighted by Gasteiger charge is 2.30. The first-order valence-electron chi connectivity index (χ1n) is 11.6. The maximum absolute atomic E-state index is 13.2. The highest BCUT2D eigenvalue weighted by atomic mass is 35.5. The molecule has 0 aliphatic heterocycles. The van der Waals surface area contributed by atoms with E-state index < -0.39 is 11.7 Å². The standard InChI is InChI=1S/C26H29ClF3N3OS/c1-3-11-33(12-4-2)25(34)23-18-35-24(31-23)17-32(16-20-8-6-10-22(27)14-20)15-19-7-5-9-21(13-19)26(28,29)30/h5-10,13-14,18H,3-4,11-12,15-17H2,1-2H3. The van der Waals surface area contributed by atoms with Crippen LogP contribution in [-0.2, 0) is 25.8 Å². The van der Waals surface area contributed by atoms with Gasteiger partial charge in [0, 0.05) is 36.6 Å². The van der Waals surface area contributed by atoms with Crippen LogP contribution in [0, 0.1) is 0 Å². The molecule has 0 radical (unpaired) electrons. The SMILES string of the molecule is CCCN(CCC)C(=O)c1csc(CN(Cc2cccc(Cl)c2)Cc2cccc(C(F)(F)F)c2)n1. The molecule has 35 heavy (non-hydrogen) atoms. The Kier molecular flexibility index (Phi) is 9.71. The van der Waals surface area contributed by atoms with Gasteiger partial charge in [0.05, 0.1) is 12.1 Å². The number of amides is 1. The molecule has 3 aromatic rings. The first-order valence-corrected chi connectivity index (χ1v) is 12.8. The second-order valence-electron chi connectivity index (χ2n) is 8.39. The summed E-state index contributed by atoms with van der Waals surface area (Å²) < 4.78 is 39.7. The Labute approximate surface area is 213 Å². The summed E-state index contributed by atoms with van der Waals surface area (Å²) in [5.41, 5.74) is 1.22. The van der Waals surface area contributed by atoms with Crippen LogP contribution in [0.3, 0.4) is 0 Å². The molecule has 4 nitrogen and oxygen atoms in total. The number of rotatable bonds is 11. The monoisotopic (exact) mass is 523 g/mol. The maximum atomic E-state index is 13.2. The first kappa shape index (κ1) is 27.2. The van der Waals surface area contributed by atoms with E-state index in [0.717, 1.165) is 29.5 Å². The Morgan fingerprint density at radius 1 is 0.971 bits per heavy atom. The van der Waals surface area contributed by atoms with Gasteiger partial charge in [0.15, 0.2) is 0 Å². The molecule has 0 aliphatic carbocycles. The summed E-state index contributed by atoms with van der Waals surface area (Å²) >= 11 is 7.53. The Morgan fingerprint density at radius 2 is 1.60 bits per heavy atom. The van der Waals surface area contributed by atoms with Crippen LogP contribution >= 0.6 is 22.9 Å². The molecular weight excluding hydrogens is 495 g/mol. The van der Waals surface area contributed by atoms with Crippen LogP contribution in [0.25, 0.3) is 0 Å². The predicted octanol–water partition coefficient (Wildman–Crippen LogP) is 7.28. The van der Waals surface area contributed by atoms with E-state index in [0.29, 0.717) is 42.5 Å². The van der Waals surface area contributed by atoms with Crippen molar-refractivity contribution in [3.8, 4) is 0 Å².